The molecule has 0 aromatic rings. The Balaban J connectivity index is 0. The zero-order chi connectivity index (χ0) is 0. The average molecular weight is 510 g/mol. The van der Waals surface area contributed by atoms with Crippen LogP contribution >= 0.6 is 0 Å². The normalized spacial score (nSPS) is 0. The number of rotatable bonds is 0. The predicted octanol–water partition coefficient (Wildman–Crippen LogP) is -37.1. The molecule has 0 fully saturated rings. The average Bonchev–Trinajstić information content (AvgIpc) is 0. The first-order chi connectivity index (χ1) is 0. The molecule has 0 aliphatic carbocycles. The molecule has 15 heavy (non-hydrogen) atoms. The minimum absolute atomic E-state index is 0. The van der Waals surface area contributed by atoms with Gasteiger partial charge in [-0.05, 0) is 0 Å². The molecule has 0 aromatic heterocycles. The molecule has 0 saturated carbocycles. The standard InChI is InChI=1S/12ClH.3Si/h12*1H;;;/q;;;;;;;;;;;;3*+4/p-12. The van der Waals surface area contributed by atoms with E-state index in [1.807, 2.05) is 0 Å². The topological polar surface area (TPSA) is 0 Å². The third-order valence-corrected chi connectivity index (χ3v) is 0. The first kappa shape index (κ1) is 369. The zero-order valence-corrected chi connectivity index (χ0v) is 18.1. The summed E-state index contributed by atoms with van der Waals surface area (Å²) in [7, 11) is 0. The van der Waals surface area contributed by atoms with Gasteiger partial charge in [0.1, 0.15) is 0 Å². The molecule has 0 unspecified atom stereocenters. The monoisotopic (exact) mass is 504 g/mol. The van der Waals surface area contributed by atoms with Crippen LogP contribution in [-0.2, 0) is 0 Å². The second kappa shape index (κ2) is 312. The van der Waals surface area contributed by atoms with Crippen molar-refractivity contribution in [2.75, 3.05) is 0 Å². The van der Waals surface area contributed by atoms with Crippen LogP contribution in [0.2, 0.25) is 0 Å². The predicted molar refractivity (Wildman–Crippen MR) is 17.3 cm³/mol. The molecule has 0 aliphatic heterocycles. The number of halogens is 12. The third-order valence-electron chi connectivity index (χ3n) is 0. The summed E-state index contributed by atoms with van der Waals surface area (Å²) >= 11 is 0. The molecule has 0 heterocycles. The Morgan fingerprint density at radius 1 is 0.133 bits per heavy atom. The van der Waals surface area contributed by atoms with Crippen LogP contribution in [-0.4, -0.2) is 32.9 Å². The molecule has 0 N–H and O–H groups in total. The van der Waals surface area contributed by atoms with E-state index in [-0.39, 0.29) is 182 Å². The van der Waals surface area contributed by atoms with Gasteiger partial charge in [-0.3, -0.25) is 0 Å². The Hall–Kier alpha value is 4.13. The first-order valence-electron chi connectivity index (χ1n) is 0. The molecule has 15 heteroatoms. The maximum Gasteiger partial charge on any atom is 4.00 e. The van der Waals surface area contributed by atoms with Gasteiger partial charge in [0.05, 0.1) is 0 Å². The molecule has 0 aliphatic rings. The van der Waals surface area contributed by atoms with Gasteiger partial charge >= 0.3 is 32.9 Å². The first-order valence-corrected chi connectivity index (χ1v) is 0. The molecule has 0 atom stereocenters. The summed E-state index contributed by atoms with van der Waals surface area (Å²) in [5.41, 5.74) is 0. The van der Waals surface area contributed by atoms with Crippen molar-refractivity contribution >= 4 is 32.9 Å². The van der Waals surface area contributed by atoms with Crippen molar-refractivity contribution in [3.05, 3.63) is 0 Å². The van der Waals surface area contributed by atoms with Gasteiger partial charge in [-0.2, -0.15) is 0 Å². The van der Waals surface area contributed by atoms with Crippen LogP contribution in [0, 0.1) is 0 Å². The van der Waals surface area contributed by atoms with E-state index in [2.05, 4.69) is 0 Å². The van der Waals surface area contributed by atoms with E-state index in [9.17, 15) is 0 Å². The van der Waals surface area contributed by atoms with Crippen molar-refractivity contribution in [3.63, 3.8) is 0 Å². The van der Waals surface area contributed by atoms with Crippen molar-refractivity contribution < 1.29 is 149 Å². The largest absolute Gasteiger partial charge is 4.00 e. The van der Waals surface area contributed by atoms with E-state index in [1.54, 1.807) is 0 Å². The summed E-state index contributed by atoms with van der Waals surface area (Å²) in [6.45, 7) is 0. The van der Waals surface area contributed by atoms with Crippen LogP contribution in [0.5, 0.6) is 0 Å². The van der Waals surface area contributed by atoms with Crippen molar-refractivity contribution in [2.24, 2.45) is 0 Å². The maximum atomic E-state index is 0. The quantitative estimate of drug-likeness (QED) is 0.285. The van der Waals surface area contributed by atoms with Gasteiger partial charge in [-0.15, -0.1) is 0 Å². The summed E-state index contributed by atoms with van der Waals surface area (Å²) in [4.78, 5) is 0. The minimum Gasteiger partial charge on any atom is -1.00 e. The van der Waals surface area contributed by atoms with Crippen LogP contribution in [0.1, 0.15) is 0 Å². The fourth-order valence-electron chi connectivity index (χ4n) is 0. The van der Waals surface area contributed by atoms with Gasteiger partial charge in [0, 0.05) is 0 Å². The SMILES string of the molecule is [Cl-].[Cl-].[Cl-].[Cl-].[Cl-].[Cl-].[Cl-].[Cl-].[Cl-].[Cl-].[Cl-].[Cl-].[Si+4].[Si+4].[Si+4]. The van der Waals surface area contributed by atoms with Gasteiger partial charge in [0.25, 0.3) is 0 Å². The summed E-state index contributed by atoms with van der Waals surface area (Å²) in [6.07, 6.45) is 0. The van der Waals surface area contributed by atoms with Crippen LogP contribution in [0.15, 0.2) is 0 Å². The smallest absolute Gasteiger partial charge is 1.00 e. The Morgan fingerprint density at radius 2 is 0.133 bits per heavy atom. The van der Waals surface area contributed by atoms with Crippen molar-refractivity contribution in [2.45, 2.75) is 0 Å². The zero-order valence-electron chi connectivity index (χ0n) is 6.04. The molecule has 0 bridgehead atoms. The third kappa shape index (κ3) is 276. The van der Waals surface area contributed by atoms with E-state index in [4.69, 9.17) is 0 Å². The molecule has 0 spiro atoms. The summed E-state index contributed by atoms with van der Waals surface area (Å²) in [5.74, 6) is 0. The number of hydrogen-bond acceptors (Lipinski definition) is 0. The van der Waals surface area contributed by atoms with Gasteiger partial charge < -0.3 is 149 Å². The second-order valence-corrected chi connectivity index (χ2v) is 0. The molecule has 0 nitrogen and oxygen atoms in total. The molecule has 0 amide bonds. The molecule has 0 rings (SSSR count). The maximum absolute atomic E-state index is 0. The Bertz CT molecular complexity index is 10.8. The fraction of sp³-hybridized carbons (Fsp3) is 0. The van der Waals surface area contributed by atoms with E-state index in [0.717, 1.165) is 0 Å². The summed E-state index contributed by atoms with van der Waals surface area (Å²) in [5, 5.41) is 0. The van der Waals surface area contributed by atoms with Crippen LogP contribution < -0.4 is 149 Å². The fourth-order valence-corrected chi connectivity index (χ4v) is 0. The number of hydrogen-bond donors (Lipinski definition) is 0. The molecule has 96 valence electrons. The van der Waals surface area contributed by atoms with Crippen molar-refractivity contribution in [3.8, 4) is 0 Å². The van der Waals surface area contributed by atoms with E-state index in [0.29, 0.717) is 0 Å². The minimum atomic E-state index is 0. The molecule has 0 saturated heterocycles. The Morgan fingerprint density at radius 3 is 0.133 bits per heavy atom. The van der Waals surface area contributed by atoms with E-state index in [1.165, 1.54) is 0 Å². The molecular formula is Cl12Si3. The second-order valence-electron chi connectivity index (χ2n) is 0. The van der Waals surface area contributed by atoms with Crippen molar-refractivity contribution in [1.82, 2.24) is 0 Å². The Labute approximate surface area is 180 Å². The molecule has 0 radical (unpaired) electrons. The summed E-state index contributed by atoms with van der Waals surface area (Å²) < 4.78 is 0. The van der Waals surface area contributed by atoms with Crippen LogP contribution in [0.3, 0.4) is 0 Å². The molecular weight excluding hydrogens is 510 g/mol. The molecule has 0 aromatic carbocycles. The van der Waals surface area contributed by atoms with Crippen molar-refractivity contribution in [1.29, 1.82) is 0 Å². The van der Waals surface area contributed by atoms with Gasteiger partial charge in [0.15, 0.2) is 0 Å². The van der Waals surface area contributed by atoms with Gasteiger partial charge in [-0.1, -0.05) is 0 Å². The van der Waals surface area contributed by atoms with E-state index < -0.39 is 0 Å². The van der Waals surface area contributed by atoms with Crippen LogP contribution in [0.4, 0.5) is 0 Å². The van der Waals surface area contributed by atoms with Crippen LogP contribution in [0.25, 0.3) is 0 Å². The van der Waals surface area contributed by atoms with Gasteiger partial charge in [-0.25, -0.2) is 0 Å². The van der Waals surface area contributed by atoms with E-state index >= 15 is 0 Å². The Kier molecular flexibility index (Phi) is 7660. The summed E-state index contributed by atoms with van der Waals surface area (Å²) in [6, 6.07) is 0. The van der Waals surface area contributed by atoms with Gasteiger partial charge in [0.2, 0.25) is 0 Å².